The number of nitrogens with one attached hydrogen (secondary N) is 1. The van der Waals surface area contributed by atoms with Crippen molar-refractivity contribution in [2.24, 2.45) is 0 Å². The Kier molecular flexibility index (Phi) is 4.94. The SMILES string of the molecule is CC.CNC1CCOC1=O. The molecule has 1 N–H and O–H groups in total. The van der Waals surface area contributed by atoms with Gasteiger partial charge in [-0.15, -0.1) is 0 Å². The zero-order valence-corrected chi connectivity index (χ0v) is 6.81. The summed E-state index contributed by atoms with van der Waals surface area (Å²) < 4.78 is 4.65. The van der Waals surface area contributed by atoms with Gasteiger partial charge in [-0.1, -0.05) is 13.8 Å². The standard InChI is InChI=1S/C5H9NO2.C2H6/c1-6-4-2-3-8-5(4)7;1-2/h4,6H,2-3H2,1H3;1-2H3. The first-order chi connectivity index (χ1) is 4.84. The first-order valence-electron chi connectivity index (χ1n) is 3.68. The molecule has 1 saturated heterocycles. The third kappa shape index (κ3) is 2.35. The van der Waals surface area contributed by atoms with Crippen molar-refractivity contribution in [2.75, 3.05) is 13.7 Å². The fraction of sp³-hybridized carbons (Fsp3) is 0.857. The highest BCUT2D eigenvalue weighted by molar-refractivity contribution is 5.77. The van der Waals surface area contributed by atoms with Crippen molar-refractivity contribution in [3.05, 3.63) is 0 Å². The van der Waals surface area contributed by atoms with Gasteiger partial charge in [0, 0.05) is 6.42 Å². The maximum Gasteiger partial charge on any atom is 0.323 e. The number of ether oxygens (including phenoxy) is 1. The van der Waals surface area contributed by atoms with Gasteiger partial charge in [0.2, 0.25) is 0 Å². The minimum Gasteiger partial charge on any atom is -0.464 e. The number of carbonyl (C=O) groups excluding carboxylic acids is 1. The van der Waals surface area contributed by atoms with Crippen LogP contribution in [0, 0.1) is 0 Å². The van der Waals surface area contributed by atoms with E-state index in [1.807, 2.05) is 13.8 Å². The fourth-order valence-corrected chi connectivity index (χ4v) is 0.758. The normalized spacial score (nSPS) is 23.1. The summed E-state index contributed by atoms with van der Waals surface area (Å²) in [5, 5.41) is 2.84. The van der Waals surface area contributed by atoms with E-state index in [-0.39, 0.29) is 12.0 Å². The predicted molar refractivity (Wildman–Crippen MR) is 39.8 cm³/mol. The molecular formula is C7H15NO2. The molecule has 1 fully saturated rings. The fourth-order valence-electron chi connectivity index (χ4n) is 0.758. The van der Waals surface area contributed by atoms with E-state index in [1.165, 1.54) is 0 Å². The molecule has 0 aromatic rings. The molecule has 1 rings (SSSR count). The summed E-state index contributed by atoms with van der Waals surface area (Å²) >= 11 is 0. The van der Waals surface area contributed by atoms with Crippen LogP contribution in [-0.2, 0) is 9.53 Å². The molecule has 3 heteroatoms. The van der Waals surface area contributed by atoms with E-state index in [1.54, 1.807) is 7.05 Å². The molecule has 1 unspecified atom stereocenters. The molecular weight excluding hydrogens is 130 g/mol. The van der Waals surface area contributed by atoms with E-state index in [9.17, 15) is 4.79 Å². The number of cyclic esters (lactones) is 1. The summed E-state index contributed by atoms with van der Waals surface area (Å²) in [4.78, 5) is 10.5. The van der Waals surface area contributed by atoms with Crippen LogP contribution < -0.4 is 5.32 Å². The molecule has 0 radical (unpaired) electrons. The van der Waals surface area contributed by atoms with E-state index in [0.717, 1.165) is 6.42 Å². The highest BCUT2D eigenvalue weighted by Crippen LogP contribution is 2.03. The second kappa shape index (κ2) is 5.23. The van der Waals surface area contributed by atoms with Crippen LogP contribution in [0.4, 0.5) is 0 Å². The minimum atomic E-state index is -0.118. The Hall–Kier alpha value is -0.570. The molecule has 0 aliphatic carbocycles. The first-order valence-corrected chi connectivity index (χ1v) is 3.68. The molecule has 0 saturated carbocycles. The lowest BCUT2D eigenvalue weighted by molar-refractivity contribution is -0.139. The lowest BCUT2D eigenvalue weighted by Crippen LogP contribution is -2.29. The van der Waals surface area contributed by atoms with Gasteiger partial charge in [-0.05, 0) is 7.05 Å². The van der Waals surface area contributed by atoms with Gasteiger partial charge in [0.1, 0.15) is 6.04 Å². The monoisotopic (exact) mass is 145 g/mol. The van der Waals surface area contributed by atoms with E-state index in [4.69, 9.17) is 0 Å². The molecule has 1 heterocycles. The molecule has 3 nitrogen and oxygen atoms in total. The van der Waals surface area contributed by atoms with Gasteiger partial charge in [-0.25, -0.2) is 0 Å². The van der Waals surface area contributed by atoms with Crippen LogP contribution >= 0.6 is 0 Å². The highest BCUT2D eigenvalue weighted by Gasteiger charge is 2.23. The van der Waals surface area contributed by atoms with E-state index in [0.29, 0.717) is 6.61 Å². The van der Waals surface area contributed by atoms with Crippen LogP contribution in [0.5, 0.6) is 0 Å². The molecule has 1 aliphatic rings. The lowest BCUT2D eigenvalue weighted by atomic mass is 10.3. The van der Waals surface area contributed by atoms with Gasteiger partial charge in [-0.2, -0.15) is 0 Å². The molecule has 0 spiro atoms. The van der Waals surface area contributed by atoms with Crippen LogP contribution in [0.1, 0.15) is 20.3 Å². The summed E-state index contributed by atoms with van der Waals surface area (Å²) in [7, 11) is 1.76. The Labute approximate surface area is 61.8 Å². The summed E-state index contributed by atoms with van der Waals surface area (Å²) in [6.07, 6.45) is 0.815. The summed E-state index contributed by atoms with van der Waals surface area (Å²) in [5.41, 5.74) is 0. The number of carbonyl (C=O) groups is 1. The van der Waals surface area contributed by atoms with Crippen molar-refractivity contribution in [1.82, 2.24) is 5.32 Å². The second-order valence-electron chi connectivity index (χ2n) is 1.80. The van der Waals surface area contributed by atoms with Crippen LogP contribution in [0.3, 0.4) is 0 Å². The Balaban J connectivity index is 0.000000371. The van der Waals surface area contributed by atoms with Crippen molar-refractivity contribution in [1.29, 1.82) is 0 Å². The molecule has 1 atom stereocenters. The minimum absolute atomic E-state index is 0.0463. The predicted octanol–water partition coefficient (Wildman–Crippen LogP) is 0.547. The summed E-state index contributed by atoms with van der Waals surface area (Å²) in [5.74, 6) is -0.118. The molecule has 0 aromatic carbocycles. The van der Waals surface area contributed by atoms with Gasteiger partial charge in [0.05, 0.1) is 6.61 Å². The third-order valence-corrected chi connectivity index (χ3v) is 1.28. The van der Waals surface area contributed by atoms with Gasteiger partial charge in [0.15, 0.2) is 0 Å². The van der Waals surface area contributed by atoms with Crippen LogP contribution in [0.2, 0.25) is 0 Å². The maximum atomic E-state index is 10.5. The van der Waals surface area contributed by atoms with Crippen molar-refractivity contribution in [2.45, 2.75) is 26.3 Å². The highest BCUT2D eigenvalue weighted by atomic mass is 16.5. The van der Waals surface area contributed by atoms with Crippen molar-refractivity contribution < 1.29 is 9.53 Å². The van der Waals surface area contributed by atoms with E-state index >= 15 is 0 Å². The largest absolute Gasteiger partial charge is 0.464 e. The van der Waals surface area contributed by atoms with Crippen molar-refractivity contribution in [3.63, 3.8) is 0 Å². The summed E-state index contributed by atoms with van der Waals surface area (Å²) in [6, 6.07) is -0.0463. The van der Waals surface area contributed by atoms with Crippen molar-refractivity contribution >= 4 is 5.97 Å². The van der Waals surface area contributed by atoms with Gasteiger partial charge < -0.3 is 10.1 Å². The molecule has 60 valence electrons. The average Bonchev–Trinajstić information content (AvgIpc) is 2.39. The topological polar surface area (TPSA) is 38.3 Å². The first kappa shape index (κ1) is 9.43. The van der Waals surface area contributed by atoms with Crippen LogP contribution in [0.25, 0.3) is 0 Å². The number of esters is 1. The lowest BCUT2D eigenvalue weighted by Gasteiger charge is -1.98. The Morgan fingerprint density at radius 1 is 1.60 bits per heavy atom. The smallest absolute Gasteiger partial charge is 0.323 e. The Morgan fingerprint density at radius 3 is 2.40 bits per heavy atom. The summed E-state index contributed by atoms with van der Waals surface area (Å²) in [6.45, 7) is 4.57. The number of likely N-dealkylation sites (N-methyl/N-ethyl adjacent to an activating group) is 1. The average molecular weight is 145 g/mol. The van der Waals surface area contributed by atoms with Gasteiger partial charge in [-0.3, -0.25) is 4.79 Å². The Morgan fingerprint density at radius 2 is 2.20 bits per heavy atom. The quantitative estimate of drug-likeness (QED) is 0.547. The second-order valence-corrected chi connectivity index (χ2v) is 1.80. The van der Waals surface area contributed by atoms with E-state index < -0.39 is 0 Å². The number of hydrogen-bond acceptors (Lipinski definition) is 3. The van der Waals surface area contributed by atoms with Gasteiger partial charge in [0.25, 0.3) is 0 Å². The van der Waals surface area contributed by atoms with Crippen LogP contribution in [-0.4, -0.2) is 25.7 Å². The Bertz CT molecular complexity index is 104. The van der Waals surface area contributed by atoms with Crippen molar-refractivity contribution in [3.8, 4) is 0 Å². The molecule has 1 aliphatic heterocycles. The zero-order chi connectivity index (χ0) is 7.98. The molecule has 10 heavy (non-hydrogen) atoms. The maximum absolute atomic E-state index is 10.5. The molecule has 0 aromatic heterocycles. The van der Waals surface area contributed by atoms with Crippen LogP contribution in [0.15, 0.2) is 0 Å². The zero-order valence-electron chi connectivity index (χ0n) is 6.81. The van der Waals surface area contributed by atoms with E-state index in [2.05, 4.69) is 10.1 Å². The third-order valence-electron chi connectivity index (χ3n) is 1.28. The van der Waals surface area contributed by atoms with Gasteiger partial charge >= 0.3 is 5.97 Å². The number of rotatable bonds is 1. The molecule has 0 amide bonds. The molecule has 0 bridgehead atoms. The number of hydrogen-bond donors (Lipinski definition) is 1.